The van der Waals surface area contributed by atoms with E-state index in [1.165, 1.54) is 16.8 Å². The lowest BCUT2D eigenvalue weighted by Gasteiger charge is -2.25. The normalized spacial score (nSPS) is 12.5. The second-order valence-electron chi connectivity index (χ2n) is 6.40. The molecular weight excluding hydrogens is 256 g/mol. The van der Waals surface area contributed by atoms with E-state index >= 15 is 0 Å². The van der Waals surface area contributed by atoms with Crippen LogP contribution in [0.1, 0.15) is 50.4 Å². The lowest BCUT2D eigenvalue weighted by Crippen LogP contribution is -2.16. The highest BCUT2D eigenvalue weighted by Crippen LogP contribution is 2.31. The largest absolute Gasteiger partial charge is 0.378 e. The zero-order valence-electron chi connectivity index (χ0n) is 13.1. The second kappa shape index (κ2) is 6.01. The van der Waals surface area contributed by atoms with Crippen molar-refractivity contribution in [2.45, 2.75) is 39.2 Å². The third kappa shape index (κ3) is 3.64. The van der Waals surface area contributed by atoms with Crippen LogP contribution in [0.2, 0.25) is 0 Å². The zero-order chi connectivity index (χ0) is 15.5. The van der Waals surface area contributed by atoms with Crippen LogP contribution in [0.15, 0.2) is 48.5 Å². The average molecular weight is 278 g/mol. The highest BCUT2D eigenvalue weighted by molar-refractivity contribution is 5.55. The Bertz CT molecular complexity index is 643. The number of nitrogens with one attached hydrogen (secondary N) is 1. The van der Waals surface area contributed by atoms with Gasteiger partial charge in [-0.2, -0.15) is 5.26 Å². The molecule has 0 amide bonds. The Balaban J connectivity index is 2.23. The molecule has 0 bridgehead atoms. The molecule has 1 atom stereocenters. The molecule has 2 heteroatoms. The van der Waals surface area contributed by atoms with Gasteiger partial charge in [0.2, 0.25) is 0 Å². The molecule has 0 aliphatic rings. The molecule has 0 heterocycles. The molecule has 1 unspecified atom stereocenters. The van der Waals surface area contributed by atoms with E-state index in [2.05, 4.69) is 63.3 Å². The van der Waals surface area contributed by atoms with E-state index in [1.54, 1.807) is 0 Å². The number of para-hydroxylation sites is 1. The van der Waals surface area contributed by atoms with Crippen LogP contribution in [0.3, 0.4) is 0 Å². The van der Waals surface area contributed by atoms with Crippen LogP contribution in [0.25, 0.3) is 0 Å². The number of hydrogen-bond acceptors (Lipinski definition) is 2. The standard InChI is InChI=1S/C19H22N2/c1-14(16-11-9-15(13-20)10-12-16)21-18-8-6-5-7-17(18)19(2,3)4/h5-12,14,21H,1-4H3. The summed E-state index contributed by atoms with van der Waals surface area (Å²) in [4.78, 5) is 0. The third-order valence-corrected chi connectivity index (χ3v) is 3.65. The number of hydrogen-bond donors (Lipinski definition) is 1. The molecule has 0 fully saturated rings. The third-order valence-electron chi connectivity index (χ3n) is 3.65. The molecular formula is C19H22N2. The van der Waals surface area contributed by atoms with Gasteiger partial charge in [-0.3, -0.25) is 0 Å². The molecule has 2 rings (SSSR count). The molecule has 1 N–H and O–H groups in total. The SMILES string of the molecule is CC(Nc1ccccc1C(C)(C)C)c1ccc(C#N)cc1. The second-order valence-corrected chi connectivity index (χ2v) is 6.40. The van der Waals surface area contributed by atoms with Crippen molar-refractivity contribution >= 4 is 5.69 Å². The number of nitriles is 1. The van der Waals surface area contributed by atoms with Gasteiger partial charge in [0, 0.05) is 11.7 Å². The van der Waals surface area contributed by atoms with E-state index in [1.807, 2.05) is 24.3 Å². The molecule has 0 aliphatic carbocycles. The minimum atomic E-state index is 0.105. The maximum Gasteiger partial charge on any atom is 0.0991 e. The smallest absolute Gasteiger partial charge is 0.0991 e. The molecule has 0 saturated heterocycles. The Morgan fingerprint density at radius 3 is 2.19 bits per heavy atom. The summed E-state index contributed by atoms with van der Waals surface area (Å²) in [6.07, 6.45) is 0. The lowest BCUT2D eigenvalue weighted by atomic mass is 9.85. The summed E-state index contributed by atoms with van der Waals surface area (Å²) >= 11 is 0. The van der Waals surface area contributed by atoms with Gasteiger partial charge in [-0.15, -0.1) is 0 Å². The van der Waals surface area contributed by atoms with Crippen molar-refractivity contribution in [1.29, 1.82) is 5.26 Å². The fourth-order valence-corrected chi connectivity index (χ4v) is 2.43. The predicted molar refractivity (Wildman–Crippen MR) is 88.3 cm³/mol. The van der Waals surface area contributed by atoms with Gasteiger partial charge in [-0.05, 0) is 41.7 Å². The summed E-state index contributed by atoms with van der Waals surface area (Å²) in [5.41, 5.74) is 4.46. The number of rotatable bonds is 3. The Labute approximate surface area is 127 Å². The fourth-order valence-electron chi connectivity index (χ4n) is 2.43. The summed E-state index contributed by atoms with van der Waals surface area (Å²) in [5.74, 6) is 0. The first-order valence-corrected chi connectivity index (χ1v) is 7.28. The van der Waals surface area contributed by atoms with Crippen molar-refractivity contribution in [3.05, 3.63) is 65.2 Å². The molecule has 108 valence electrons. The highest BCUT2D eigenvalue weighted by atomic mass is 14.9. The van der Waals surface area contributed by atoms with Crippen molar-refractivity contribution in [3.8, 4) is 6.07 Å². The maximum absolute atomic E-state index is 8.86. The van der Waals surface area contributed by atoms with Crippen LogP contribution in [0.5, 0.6) is 0 Å². The van der Waals surface area contributed by atoms with Crippen molar-refractivity contribution < 1.29 is 0 Å². The summed E-state index contributed by atoms with van der Waals surface area (Å²) < 4.78 is 0. The van der Waals surface area contributed by atoms with Gasteiger partial charge >= 0.3 is 0 Å². The number of nitrogens with zero attached hydrogens (tertiary/aromatic N) is 1. The van der Waals surface area contributed by atoms with Crippen molar-refractivity contribution in [2.24, 2.45) is 0 Å². The fraction of sp³-hybridized carbons (Fsp3) is 0.316. The van der Waals surface area contributed by atoms with Gasteiger partial charge in [-0.1, -0.05) is 51.1 Å². The Hall–Kier alpha value is -2.27. The van der Waals surface area contributed by atoms with E-state index in [0.717, 1.165) is 0 Å². The predicted octanol–water partition coefficient (Wildman–Crippen LogP) is 5.03. The van der Waals surface area contributed by atoms with Crippen LogP contribution in [-0.4, -0.2) is 0 Å². The van der Waals surface area contributed by atoms with Crippen LogP contribution in [0.4, 0.5) is 5.69 Å². The van der Waals surface area contributed by atoms with E-state index in [9.17, 15) is 0 Å². The van der Waals surface area contributed by atoms with Gasteiger partial charge < -0.3 is 5.32 Å². The van der Waals surface area contributed by atoms with E-state index in [-0.39, 0.29) is 11.5 Å². The van der Waals surface area contributed by atoms with Crippen LogP contribution in [-0.2, 0) is 5.41 Å². The molecule has 0 saturated carbocycles. The van der Waals surface area contributed by atoms with Crippen LogP contribution >= 0.6 is 0 Å². The Morgan fingerprint density at radius 2 is 1.62 bits per heavy atom. The summed E-state index contributed by atoms with van der Waals surface area (Å²) in [6.45, 7) is 8.81. The topological polar surface area (TPSA) is 35.8 Å². The van der Waals surface area contributed by atoms with Gasteiger partial charge in [0.1, 0.15) is 0 Å². The highest BCUT2D eigenvalue weighted by Gasteiger charge is 2.18. The molecule has 0 aliphatic heterocycles. The minimum Gasteiger partial charge on any atom is -0.378 e. The molecule has 21 heavy (non-hydrogen) atoms. The maximum atomic E-state index is 8.86. The Morgan fingerprint density at radius 1 is 1.00 bits per heavy atom. The van der Waals surface area contributed by atoms with E-state index in [0.29, 0.717) is 5.56 Å². The molecule has 0 spiro atoms. The number of anilines is 1. The lowest BCUT2D eigenvalue weighted by molar-refractivity contribution is 0.590. The van der Waals surface area contributed by atoms with E-state index < -0.39 is 0 Å². The van der Waals surface area contributed by atoms with Gasteiger partial charge in [0.25, 0.3) is 0 Å². The first-order valence-electron chi connectivity index (χ1n) is 7.28. The van der Waals surface area contributed by atoms with Crippen LogP contribution in [0, 0.1) is 11.3 Å². The number of benzene rings is 2. The first-order chi connectivity index (χ1) is 9.91. The van der Waals surface area contributed by atoms with Crippen LogP contribution < -0.4 is 5.32 Å². The van der Waals surface area contributed by atoms with Gasteiger partial charge in [0.05, 0.1) is 11.6 Å². The van der Waals surface area contributed by atoms with Crippen molar-refractivity contribution in [2.75, 3.05) is 5.32 Å². The molecule has 2 aromatic rings. The summed E-state index contributed by atoms with van der Waals surface area (Å²) in [5, 5.41) is 12.5. The minimum absolute atomic E-state index is 0.105. The van der Waals surface area contributed by atoms with Gasteiger partial charge in [-0.25, -0.2) is 0 Å². The monoisotopic (exact) mass is 278 g/mol. The summed E-state index contributed by atoms with van der Waals surface area (Å²) in [6, 6.07) is 18.5. The zero-order valence-corrected chi connectivity index (χ0v) is 13.1. The first kappa shape index (κ1) is 15.1. The van der Waals surface area contributed by atoms with Crippen molar-refractivity contribution in [1.82, 2.24) is 0 Å². The van der Waals surface area contributed by atoms with Gasteiger partial charge in [0.15, 0.2) is 0 Å². The Kier molecular flexibility index (Phi) is 4.33. The van der Waals surface area contributed by atoms with Crippen molar-refractivity contribution in [3.63, 3.8) is 0 Å². The molecule has 0 aromatic heterocycles. The summed E-state index contributed by atoms with van der Waals surface area (Å²) in [7, 11) is 0. The molecule has 2 aromatic carbocycles. The van der Waals surface area contributed by atoms with E-state index in [4.69, 9.17) is 5.26 Å². The average Bonchev–Trinajstić information content (AvgIpc) is 2.47. The quantitative estimate of drug-likeness (QED) is 0.854. The molecule has 0 radical (unpaired) electrons. The molecule has 2 nitrogen and oxygen atoms in total.